The van der Waals surface area contributed by atoms with Crippen molar-refractivity contribution in [1.29, 1.82) is 0 Å². The average Bonchev–Trinajstić information content (AvgIpc) is 2.96. The highest BCUT2D eigenvalue weighted by molar-refractivity contribution is 5.76. The molecule has 1 aromatic carbocycles. The van der Waals surface area contributed by atoms with Gasteiger partial charge in [-0.25, -0.2) is 4.98 Å². The zero-order valence-electron chi connectivity index (χ0n) is 11.0. The van der Waals surface area contributed by atoms with Crippen LogP contribution in [0.5, 0.6) is 0 Å². The fourth-order valence-corrected chi connectivity index (χ4v) is 1.86. The van der Waals surface area contributed by atoms with Gasteiger partial charge in [0.2, 0.25) is 5.91 Å². The number of benzene rings is 1. The van der Waals surface area contributed by atoms with E-state index in [1.165, 1.54) is 12.0 Å². The molecular formula is C15H18N2O2. The van der Waals surface area contributed by atoms with Crippen LogP contribution >= 0.6 is 0 Å². The summed E-state index contributed by atoms with van der Waals surface area (Å²) in [5, 5.41) is 2.94. The summed E-state index contributed by atoms with van der Waals surface area (Å²) in [6, 6.07) is 10.2. The Kier molecular flexibility index (Phi) is 4.72. The van der Waals surface area contributed by atoms with E-state index in [-0.39, 0.29) is 5.91 Å². The van der Waals surface area contributed by atoms with E-state index in [1.807, 2.05) is 18.2 Å². The Morgan fingerprint density at radius 2 is 2.16 bits per heavy atom. The third kappa shape index (κ3) is 4.25. The fraction of sp³-hybridized carbons (Fsp3) is 0.333. The van der Waals surface area contributed by atoms with Crippen molar-refractivity contribution in [2.45, 2.75) is 25.7 Å². The van der Waals surface area contributed by atoms with Gasteiger partial charge in [-0.05, 0) is 11.5 Å². The summed E-state index contributed by atoms with van der Waals surface area (Å²) in [6.07, 6.45) is 4.03. The molecule has 1 aromatic heterocycles. The fourth-order valence-electron chi connectivity index (χ4n) is 1.86. The maximum Gasteiger partial charge on any atom is 0.220 e. The number of carbonyl (C=O) groups is 1. The Labute approximate surface area is 112 Å². The molecule has 2 aromatic rings. The zero-order valence-corrected chi connectivity index (χ0v) is 11.0. The van der Waals surface area contributed by atoms with Crippen molar-refractivity contribution < 1.29 is 9.21 Å². The molecule has 0 aliphatic heterocycles. The van der Waals surface area contributed by atoms with Gasteiger partial charge in [-0.1, -0.05) is 37.3 Å². The van der Waals surface area contributed by atoms with Crippen LogP contribution in [0.4, 0.5) is 0 Å². The number of amides is 1. The van der Waals surface area contributed by atoms with E-state index in [4.69, 9.17) is 4.42 Å². The number of nitrogens with zero attached hydrogens (tertiary/aromatic N) is 1. The predicted molar refractivity (Wildman–Crippen MR) is 72.7 cm³/mol. The van der Waals surface area contributed by atoms with Crippen molar-refractivity contribution in [2.75, 3.05) is 6.54 Å². The van der Waals surface area contributed by atoms with Gasteiger partial charge in [0.25, 0.3) is 0 Å². The summed E-state index contributed by atoms with van der Waals surface area (Å²) in [4.78, 5) is 15.5. The van der Waals surface area contributed by atoms with E-state index in [0.29, 0.717) is 25.3 Å². The van der Waals surface area contributed by atoms with Crippen LogP contribution in [-0.2, 0) is 11.2 Å². The molecule has 4 heteroatoms. The molecule has 1 atom stereocenters. The molecule has 1 amide bonds. The zero-order chi connectivity index (χ0) is 13.5. The summed E-state index contributed by atoms with van der Waals surface area (Å²) in [5.74, 6) is 1.10. The van der Waals surface area contributed by atoms with E-state index in [1.54, 1.807) is 6.20 Å². The van der Waals surface area contributed by atoms with E-state index in [9.17, 15) is 4.79 Å². The van der Waals surface area contributed by atoms with Crippen LogP contribution in [0.15, 0.2) is 47.3 Å². The van der Waals surface area contributed by atoms with Gasteiger partial charge in [0.15, 0.2) is 6.39 Å². The summed E-state index contributed by atoms with van der Waals surface area (Å²) in [6.45, 7) is 2.76. The highest BCUT2D eigenvalue weighted by atomic mass is 16.3. The van der Waals surface area contributed by atoms with Crippen molar-refractivity contribution in [3.05, 3.63) is 54.2 Å². The van der Waals surface area contributed by atoms with Gasteiger partial charge in [-0.15, -0.1) is 0 Å². The SMILES string of the molecule is CC(CNC(=O)CCc1cnco1)c1ccccc1. The first-order valence-corrected chi connectivity index (χ1v) is 6.44. The van der Waals surface area contributed by atoms with Crippen molar-refractivity contribution in [3.63, 3.8) is 0 Å². The Morgan fingerprint density at radius 1 is 1.37 bits per heavy atom. The van der Waals surface area contributed by atoms with Gasteiger partial charge in [0, 0.05) is 19.4 Å². The van der Waals surface area contributed by atoms with Crippen LogP contribution in [-0.4, -0.2) is 17.4 Å². The molecule has 0 fully saturated rings. The lowest BCUT2D eigenvalue weighted by Gasteiger charge is -2.12. The van der Waals surface area contributed by atoms with Crippen LogP contribution in [0.1, 0.15) is 30.6 Å². The van der Waals surface area contributed by atoms with Crippen molar-refractivity contribution in [1.82, 2.24) is 10.3 Å². The molecule has 0 radical (unpaired) electrons. The minimum atomic E-state index is 0.0409. The Bertz CT molecular complexity index is 494. The molecule has 0 saturated carbocycles. The minimum absolute atomic E-state index is 0.0409. The molecule has 0 aliphatic carbocycles. The number of rotatable bonds is 6. The Balaban J connectivity index is 1.71. The number of hydrogen-bond donors (Lipinski definition) is 1. The summed E-state index contributed by atoms with van der Waals surface area (Å²) >= 11 is 0. The number of hydrogen-bond acceptors (Lipinski definition) is 3. The van der Waals surface area contributed by atoms with E-state index < -0.39 is 0 Å². The van der Waals surface area contributed by atoms with Gasteiger partial charge >= 0.3 is 0 Å². The molecule has 19 heavy (non-hydrogen) atoms. The van der Waals surface area contributed by atoms with Gasteiger partial charge in [-0.3, -0.25) is 4.79 Å². The van der Waals surface area contributed by atoms with Crippen molar-refractivity contribution in [3.8, 4) is 0 Å². The topological polar surface area (TPSA) is 55.1 Å². The maximum atomic E-state index is 11.7. The van der Waals surface area contributed by atoms with Gasteiger partial charge < -0.3 is 9.73 Å². The molecule has 2 rings (SSSR count). The first-order chi connectivity index (χ1) is 9.25. The van der Waals surface area contributed by atoms with E-state index in [0.717, 1.165) is 5.76 Å². The summed E-state index contributed by atoms with van der Waals surface area (Å²) in [5.41, 5.74) is 1.23. The van der Waals surface area contributed by atoms with Gasteiger partial charge in [0.1, 0.15) is 5.76 Å². The van der Waals surface area contributed by atoms with Gasteiger partial charge in [0.05, 0.1) is 6.20 Å². The lowest BCUT2D eigenvalue weighted by atomic mass is 10.0. The molecule has 100 valence electrons. The lowest BCUT2D eigenvalue weighted by Crippen LogP contribution is -2.27. The second kappa shape index (κ2) is 6.73. The number of oxazole rings is 1. The quantitative estimate of drug-likeness (QED) is 0.866. The molecule has 1 heterocycles. The molecule has 0 aliphatic rings. The monoisotopic (exact) mass is 258 g/mol. The maximum absolute atomic E-state index is 11.7. The molecule has 0 bridgehead atoms. The molecule has 1 N–H and O–H groups in total. The standard InChI is InChI=1S/C15H18N2O2/c1-12(13-5-3-2-4-6-13)9-17-15(18)8-7-14-10-16-11-19-14/h2-6,10-12H,7-9H2,1H3,(H,17,18). The van der Waals surface area contributed by atoms with Crippen molar-refractivity contribution in [2.24, 2.45) is 0 Å². The number of nitrogens with one attached hydrogen (secondary N) is 1. The number of aromatic nitrogens is 1. The molecule has 0 spiro atoms. The summed E-state index contributed by atoms with van der Waals surface area (Å²) < 4.78 is 5.09. The first kappa shape index (κ1) is 13.3. The average molecular weight is 258 g/mol. The largest absolute Gasteiger partial charge is 0.449 e. The van der Waals surface area contributed by atoms with Crippen LogP contribution in [0.2, 0.25) is 0 Å². The Morgan fingerprint density at radius 3 is 2.84 bits per heavy atom. The second-order valence-electron chi connectivity index (χ2n) is 4.58. The molecule has 1 unspecified atom stereocenters. The minimum Gasteiger partial charge on any atom is -0.449 e. The third-order valence-corrected chi connectivity index (χ3v) is 3.06. The van der Waals surface area contributed by atoms with Crippen molar-refractivity contribution >= 4 is 5.91 Å². The highest BCUT2D eigenvalue weighted by Crippen LogP contribution is 2.13. The van der Waals surface area contributed by atoms with Crippen LogP contribution in [0.25, 0.3) is 0 Å². The summed E-state index contributed by atoms with van der Waals surface area (Å²) in [7, 11) is 0. The lowest BCUT2D eigenvalue weighted by molar-refractivity contribution is -0.121. The normalized spacial score (nSPS) is 12.1. The first-order valence-electron chi connectivity index (χ1n) is 6.44. The second-order valence-corrected chi connectivity index (χ2v) is 4.58. The number of carbonyl (C=O) groups excluding carboxylic acids is 1. The molecule has 0 saturated heterocycles. The number of aryl methyl sites for hydroxylation is 1. The third-order valence-electron chi connectivity index (χ3n) is 3.06. The smallest absolute Gasteiger partial charge is 0.220 e. The highest BCUT2D eigenvalue weighted by Gasteiger charge is 2.08. The van der Waals surface area contributed by atoms with Crippen LogP contribution in [0, 0.1) is 0 Å². The van der Waals surface area contributed by atoms with E-state index in [2.05, 4.69) is 29.4 Å². The Hall–Kier alpha value is -2.10. The molecule has 4 nitrogen and oxygen atoms in total. The van der Waals surface area contributed by atoms with Crippen LogP contribution in [0.3, 0.4) is 0 Å². The van der Waals surface area contributed by atoms with Gasteiger partial charge in [-0.2, -0.15) is 0 Å². The van der Waals surface area contributed by atoms with Crippen LogP contribution < -0.4 is 5.32 Å². The van der Waals surface area contributed by atoms with E-state index >= 15 is 0 Å². The molecular weight excluding hydrogens is 240 g/mol. The predicted octanol–water partition coefficient (Wildman–Crippen LogP) is 2.53.